The molecule has 10 nitrogen and oxygen atoms in total. The van der Waals surface area contributed by atoms with Crippen LogP contribution in [-0.4, -0.2) is 50.4 Å². The zero-order valence-electron chi connectivity index (χ0n) is 18.6. The quantitative estimate of drug-likeness (QED) is 0.429. The van der Waals surface area contributed by atoms with Crippen molar-refractivity contribution in [3.63, 3.8) is 0 Å². The minimum Gasteiger partial charge on any atom is -0.493 e. The maximum Gasteiger partial charge on any atom is 0.338 e. The first kappa shape index (κ1) is 23.9. The molecule has 1 unspecified atom stereocenters. The Labute approximate surface area is 197 Å². The van der Waals surface area contributed by atoms with E-state index in [1.807, 2.05) is 19.1 Å². The molecule has 0 radical (unpaired) electrons. The maximum atomic E-state index is 12.4. The lowest BCUT2D eigenvalue weighted by Gasteiger charge is -2.11. The van der Waals surface area contributed by atoms with E-state index < -0.39 is 16.0 Å². The second-order valence-electron chi connectivity index (χ2n) is 7.53. The molecule has 0 saturated carbocycles. The van der Waals surface area contributed by atoms with Crippen molar-refractivity contribution in [2.45, 2.75) is 37.4 Å². The van der Waals surface area contributed by atoms with E-state index >= 15 is 0 Å². The third kappa shape index (κ3) is 5.79. The van der Waals surface area contributed by atoms with Gasteiger partial charge < -0.3 is 18.7 Å². The smallest absolute Gasteiger partial charge is 0.338 e. The number of carbonyl (C=O) groups is 1. The number of benzene rings is 2. The van der Waals surface area contributed by atoms with Crippen molar-refractivity contribution < 1.29 is 31.9 Å². The summed E-state index contributed by atoms with van der Waals surface area (Å²) in [5.74, 6) is 0.410. The molecule has 11 heteroatoms. The number of hydrogen-bond acceptors (Lipinski definition) is 9. The largest absolute Gasteiger partial charge is 0.493 e. The topological polar surface area (TPSA) is 130 Å². The Kier molecular flexibility index (Phi) is 7.56. The number of aromatic nitrogens is 2. The predicted molar refractivity (Wildman–Crippen MR) is 121 cm³/mol. The second-order valence-corrected chi connectivity index (χ2v) is 9.30. The van der Waals surface area contributed by atoms with E-state index in [2.05, 4.69) is 14.9 Å². The molecule has 3 aromatic rings. The third-order valence-corrected chi connectivity index (χ3v) is 6.59. The van der Waals surface area contributed by atoms with Crippen LogP contribution in [0.15, 0.2) is 57.9 Å². The minimum absolute atomic E-state index is 0.0524. The lowest BCUT2D eigenvalue weighted by atomic mass is 10.2. The summed E-state index contributed by atoms with van der Waals surface area (Å²) in [6.07, 6.45) is 1.64. The van der Waals surface area contributed by atoms with Crippen molar-refractivity contribution in [1.82, 2.24) is 14.9 Å². The van der Waals surface area contributed by atoms with Gasteiger partial charge in [-0.2, -0.15) is 4.98 Å². The molecule has 2 heterocycles. The molecule has 1 atom stereocenters. The summed E-state index contributed by atoms with van der Waals surface area (Å²) >= 11 is 0. The SMILES string of the molecule is CCOc1ccccc1-c1noc(COC(=O)c2ccc(S(=O)(=O)NCC3CCCO3)cc2)n1. The van der Waals surface area contributed by atoms with E-state index in [4.69, 9.17) is 18.7 Å². The van der Waals surface area contributed by atoms with Crippen molar-refractivity contribution in [3.05, 3.63) is 60.0 Å². The van der Waals surface area contributed by atoms with Crippen LogP contribution >= 0.6 is 0 Å². The summed E-state index contributed by atoms with van der Waals surface area (Å²) < 4.78 is 48.8. The lowest BCUT2D eigenvalue weighted by Crippen LogP contribution is -2.31. The summed E-state index contributed by atoms with van der Waals surface area (Å²) in [7, 11) is -3.70. The van der Waals surface area contributed by atoms with Crippen LogP contribution in [0.2, 0.25) is 0 Å². The molecule has 0 amide bonds. The number of ether oxygens (including phenoxy) is 3. The van der Waals surface area contributed by atoms with Crippen LogP contribution in [0.5, 0.6) is 5.75 Å². The molecule has 1 aliphatic rings. The van der Waals surface area contributed by atoms with Gasteiger partial charge in [-0.25, -0.2) is 17.9 Å². The highest BCUT2D eigenvalue weighted by atomic mass is 32.2. The highest BCUT2D eigenvalue weighted by molar-refractivity contribution is 7.89. The molecule has 180 valence electrons. The number of para-hydroxylation sites is 1. The second kappa shape index (κ2) is 10.8. The number of carbonyl (C=O) groups excluding carboxylic acids is 1. The molecule has 2 aromatic carbocycles. The van der Waals surface area contributed by atoms with E-state index in [0.717, 1.165) is 12.8 Å². The molecule has 1 fully saturated rings. The van der Waals surface area contributed by atoms with Crippen molar-refractivity contribution >= 4 is 16.0 Å². The van der Waals surface area contributed by atoms with Crippen molar-refractivity contribution in [3.8, 4) is 17.1 Å². The number of hydrogen-bond donors (Lipinski definition) is 1. The number of esters is 1. The highest BCUT2D eigenvalue weighted by Crippen LogP contribution is 2.27. The third-order valence-electron chi connectivity index (χ3n) is 5.15. The predicted octanol–water partition coefficient (Wildman–Crippen LogP) is 2.95. The number of sulfonamides is 1. The Morgan fingerprint density at radius 3 is 2.71 bits per heavy atom. The van der Waals surface area contributed by atoms with Crippen LogP contribution in [0, 0.1) is 0 Å². The highest BCUT2D eigenvalue weighted by Gasteiger charge is 2.21. The lowest BCUT2D eigenvalue weighted by molar-refractivity contribution is 0.0429. The summed E-state index contributed by atoms with van der Waals surface area (Å²) in [6, 6.07) is 12.8. The van der Waals surface area contributed by atoms with Gasteiger partial charge in [0.25, 0.3) is 5.89 Å². The minimum atomic E-state index is -3.70. The molecule has 1 aliphatic heterocycles. The van der Waals surface area contributed by atoms with Gasteiger partial charge in [-0.15, -0.1) is 0 Å². The summed E-state index contributed by atoms with van der Waals surface area (Å²) in [5, 5.41) is 3.92. The average Bonchev–Trinajstić information content (AvgIpc) is 3.54. The molecular weight excluding hydrogens is 462 g/mol. The molecule has 0 aliphatic carbocycles. The molecule has 0 spiro atoms. The van der Waals surface area contributed by atoms with Crippen molar-refractivity contribution in [2.75, 3.05) is 19.8 Å². The van der Waals surface area contributed by atoms with Gasteiger partial charge in [0.05, 0.1) is 28.7 Å². The van der Waals surface area contributed by atoms with E-state index in [9.17, 15) is 13.2 Å². The number of nitrogens with zero attached hydrogens (tertiary/aromatic N) is 2. The zero-order chi connectivity index (χ0) is 24.0. The maximum absolute atomic E-state index is 12.4. The van der Waals surface area contributed by atoms with Gasteiger partial charge in [0, 0.05) is 13.2 Å². The van der Waals surface area contributed by atoms with Gasteiger partial charge in [0.15, 0.2) is 6.61 Å². The molecule has 1 N–H and O–H groups in total. The Morgan fingerprint density at radius 1 is 1.18 bits per heavy atom. The molecule has 0 bridgehead atoms. The molecule has 1 saturated heterocycles. The molecule has 4 rings (SSSR count). The van der Waals surface area contributed by atoms with Crippen LogP contribution in [0.4, 0.5) is 0 Å². The van der Waals surface area contributed by atoms with Gasteiger partial charge in [-0.1, -0.05) is 17.3 Å². The molecular formula is C23H25N3O7S. The summed E-state index contributed by atoms with van der Waals surface area (Å²) in [5.41, 5.74) is 0.857. The van der Waals surface area contributed by atoms with E-state index in [-0.39, 0.29) is 35.6 Å². The molecule has 1 aromatic heterocycles. The van der Waals surface area contributed by atoms with Gasteiger partial charge in [-0.3, -0.25) is 0 Å². The fourth-order valence-electron chi connectivity index (χ4n) is 3.43. The normalized spacial score (nSPS) is 15.9. The first-order chi connectivity index (χ1) is 16.5. The Bertz CT molecular complexity index is 1220. The van der Waals surface area contributed by atoms with Crippen molar-refractivity contribution in [1.29, 1.82) is 0 Å². The summed E-state index contributed by atoms with van der Waals surface area (Å²) in [6.45, 7) is 3.00. The van der Waals surface area contributed by atoms with Gasteiger partial charge in [0.1, 0.15) is 5.75 Å². The Hall–Kier alpha value is -3.28. The first-order valence-electron chi connectivity index (χ1n) is 10.9. The first-order valence-corrected chi connectivity index (χ1v) is 12.4. The van der Waals surface area contributed by atoms with Crippen LogP contribution in [0.3, 0.4) is 0 Å². The van der Waals surface area contributed by atoms with Crippen LogP contribution in [0.25, 0.3) is 11.4 Å². The monoisotopic (exact) mass is 487 g/mol. The van der Waals surface area contributed by atoms with E-state index in [1.54, 1.807) is 12.1 Å². The van der Waals surface area contributed by atoms with Crippen LogP contribution < -0.4 is 9.46 Å². The van der Waals surface area contributed by atoms with E-state index in [1.165, 1.54) is 24.3 Å². The van der Waals surface area contributed by atoms with Gasteiger partial charge in [0.2, 0.25) is 15.8 Å². The van der Waals surface area contributed by atoms with Crippen LogP contribution in [-0.2, 0) is 26.1 Å². The molecule has 34 heavy (non-hydrogen) atoms. The fraction of sp³-hybridized carbons (Fsp3) is 0.348. The zero-order valence-corrected chi connectivity index (χ0v) is 19.4. The van der Waals surface area contributed by atoms with Crippen molar-refractivity contribution in [2.24, 2.45) is 0 Å². The number of nitrogens with one attached hydrogen (secondary N) is 1. The Balaban J connectivity index is 1.34. The summed E-state index contributed by atoms with van der Waals surface area (Å²) in [4.78, 5) is 16.7. The number of rotatable bonds is 10. The standard InChI is InChI=1S/C23H25N3O7S/c1-2-30-20-8-4-3-7-19(20)22-25-21(33-26-22)15-32-23(27)16-9-11-18(12-10-16)34(28,29)24-14-17-6-5-13-31-17/h3-4,7-12,17,24H,2,5-6,13-15H2,1H3. The van der Waals surface area contributed by atoms with Crippen LogP contribution in [0.1, 0.15) is 36.0 Å². The Morgan fingerprint density at radius 2 is 1.97 bits per heavy atom. The fourth-order valence-corrected chi connectivity index (χ4v) is 4.49. The van der Waals surface area contributed by atoms with Gasteiger partial charge in [-0.05, 0) is 56.2 Å². The average molecular weight is 488 g/mol. The van der Waals surface area contributed by atoms with Gasteiger partial charge >= 0.3 is 5.97 Å². The van der Waals surface area contributed by atoms with E-state index in [0.29, 0.717) is 30.4 Å².